The normalized spacial score (nSPS) is 10.8. The Balaban J connectivity index is 2.22. The molecule has 0 atom stereocenters. The van der Waals surface area contributed by atoms with Crippen molar-refractivity contribution in [3.05, 3.63) is 58.5 Å². The van der Waals surface area contributed by atoms with E-state index >= 15 is 0 Å². The number of halogens is 1. The van der Waals surface area contributed by atoms with Gasteiger partial charge in [-0.15, -0.1) is 10.2 Å². The maximum absolute atomic E-state index is 13.7. The maximum atomic E-state index is 13.7. The van der Waals surface area contributed by atoms with E-state index in [1.807, 2.05) is 0 Å². The van der Waals surface area contributed by atoms with Crippen LogP contribution in [0.2, 0.25) is 0 Å². The topological polar surface area (TPSA) is 73.3 Å². The molecule has 2 heterocycles. The van der Waals surface area contributed by atoms with Gasteiger partial charge in [0.25, 0.3) is 5.69 Å². The number of benzene rings is 1. The summed E-state index contributed by atoms with van der Waals surface area (Å²) in [7, 11) is 0. The zero-order valence-corrected chi connectivity index (χ0v) is 9.52. The van der Waals surface area contributed by atoms with E-state index in [-0.39, 0.29) is 5.69 Å². The predicted octanol–water partition coefficient (Wildman–Crippen LogP) is 2.44. The first-order chi connectivity index (χ1) is 9.16. The van der Waals surface area contributed by atoms with Crippen LogP contribution >= 0.6 is 0 Å². The van der Waals surface area contributed by atoms with Gasteiger partial charge in [0.1, 0.15) is 5.82 Å². The van der Waals surface area contributed by atoms with Gasteiger partial charge < -0.3 is 0 Å². The number of fused-ring (bicyclic) bond motifs is 1. The van der Waals surface area contributed by atoms with E-state index in [9.17, 15) is 14.5 Å². The van der Waals surface area contributed by atoms with Crippen molar-refractivity contribution in [2.45, 2.75) is 0 Å². The van der Waals surface area contributed by atoms with Crippen LogP contribution in [0.25, 0.3) is 17.0 Å². The summed E-state index contributed by atoms with van der Waals surface area (Å²) in [6.45, 7) is 0. The SMILES string of the molecule is O=[N+]([O-])c1ccn2c(-c3ccccc3F)nnc2c1. The summed E-state index contributed by atoms with van der Waals surface area (Å²) in [5.41, 5.74) is 0.510. The molecular weight excluding hydrogens is 251 g/mol. The van der Waals surface area contributed by atoms with E-state index in [1.165, 1.54) is 28.8 Å². The highest BCUT2D eigenvalue weighted by molar-refractivity contribution is 5.61. The van der Waals surface area contributed by atoms with Gasteiger partial charge in [0.15, 0.2) is 11.5 Å². The van der Waals surface area contributed by atoms with Crippen LogP contribution in [0.3, 0.4) is 0 Å². The Morgan fingerprint density at radius 1 is 1.21 bits per heavy atom. The van der Waals surface area contributed by atoms with Crippen molar-refractivity contribution in [2.75, 3.05) is 0 Å². The molecule has 0 saturated heterocycles. The number of rotatable bonds is 2. The van der Waals surface area contributed by atoms with Crippen molar-refractivity contribution in [1.29, 1.82) is 0 Å². The fourth-order valence-corrected chi connectivity index (χ4v) is 1.82. The summed E-state index contributed by atoms with van der Waals surface area (Å²) in [5.74, 6) is -0.113. The molecule has 2 aromatic heterocycles. The molecule has 0 amide bonds. The Hall–Kier alpha value is -2.83. The first-order valence-electron chi connectivity index (χ1n) is 5.41. The minimum absolute atomic E-state index is 0.0833. The number of hydrogen-bond donors (Lipinski definition) is 0. The molecule has 3 rings (SSSR count). The first kappa shape index (κ1) is 11.3. The third-order valence-electron chi connectivity index (χ3n) is 2.72. The second-order valence-corrected chi connectivity index (χ2v) is 3.87. The molecule has 0 aliphatic heterocycles. The first-order valence-corrected chi connectivity index (χ1v) is 5.41. The van der Waals surface area contributed by atoms with Gasteiger partial charge in [0.05, 0.1) is 16.6 Å². The summed E-state index contributed by atoms with van der Waals surface area (Å²) in [5, 5.41) is 18.4. The van der Waals surface area contributed by atoms with E-state index in [0.29, 0.717) is 17.0 Å². The molecule has 0 N–H and O–H groups in total. The lowest BCUT2D eigenvalue weighted by molar-refractivity contribution is -0.384. The number of nitro groups is 1. The number of pyridine rings is 1. The van der Waals surface area contributed by atoms with Gasteiger partial charge in [0, 0.05) is 12.3 Å². The van der Waals surface area contributed by atoms with Crippen LogP contribution in [-0.2, 0) is 0 Å². The van der Waals surface area contributed by atoms with Crippen LogP contribution in [0.4, 0.5) is 10.1 Å². The molecular formula is C12H7FN4O2. The van der Waals surface area contributed by atoms with E-state index in [2.05, 4.69) is 10.2 Å². The minimum atomic E-state index is -0.516. The lowest BCUT2D eigenvalue weighted by atomic mass is 10.2. The Labute approximate surface area is 106 Å². The number of hydrogen-bond acceptors (Lipinski definition) is 4. The fraction of sp³-hybridized carbons (Fsp3) is 0. The van der Waals surface area contributed by atoms with Crippen LogP contribution in [-0.4, -0.2) is 19.5 Å². The van der Waals surface area contributed by atoms with Gasteiger partial charge in [-0.3, -0.25) is 14.5 Å². The standard InChI is InChI=1S/C12H7FN4O2/c13-10-4-2-1-3-9(10)12-15-14-11-7-8(17(18)19)5-6-16(11)12/h1-7H. The summed E-state index contributed by atoms with van der Waals surface area (Å²) >= 11 is 0. The summed E-state index contributed by atoms with van der Waals surface area (Å²) in [6.07, 6.45) is 1.45. The highest BCUT2D eigenvalue weighted by Crippen LogP contribution is 2.23. The fourth-order valence-electron chi connectivity index (χ4n) is 1.82. The molecule has 0 unspecified atom stereocenters. The average Bonchev–Trinajstić information content (AvgIpc) is 2.82. The van der Waals surface area contributed by atoms with E-state index in [1.54, 1.807) is 18.2 Å². The van der Waals surface area contributed by atoms with E-state index < -0.39 is 10.7 Å². The summed E-state index contributed by atoms with van der Waals surface area (Å²) < 4.78 is 15.2. The van der Waals surface area contributed by atoms with Crippen molar-refractivity contribution < 1.29 is 9.31 Å². The Bertz CT molecular complexity index is 784. The van der Waals surface area contributed by atoms with Crippen molar-refractivity contribution in [3.63, 3.8) is 0 Å². The van der Waals surface area contributed by atoms with Crippen LogP contribution in [0.5, 0.6) is 0 Å². The second-order valence-electron chi connectivity index (χ2n) is 3.87. The third-order valence-corrected chi connectivity index (χ3v) is 2.72. The molecule has 94 valence electrons. The zero-order valence-electron chi connectivity index (χ0n) is 9.52. The lowest BCUT2D eigenvalue weighted by Gasteiger charge is -2.00. The summed E-state index contributed by atoms with van der Waals surface area (Å²) in [4.78, 5) is 10.1. The zero-order chi connectivity index (χ0) is 13.4. The highest BCUT2D eigenvalue weighted by Gasteiger charge is 2.14. The Kier molecular flexibility index (Phi) is 2.45. The molecule has 0 radical (unpaired) electrons. The smallest absolute Gasteiger partial charge is 0.274 e. The quantitative estimate of drug-likeness (QED) is 0.522. The molecule has 19 heavy (non-hydrogen) atoms. The van der Waals surface area contributed by atoms with Crippen LogP contribution in [0, 0.1) is 15.9 Å². The van der Waals surface area contributed by atoms with Gasteiger partial charge in [-0.05, 0) is 12.1 Å². The van der Waals surface area contributed by atoms with E-state index in [4.69, 9.17) is 0 Å². The summed E-state index contributed by atoms with van der Waals surface area (Å²) in [6, 6.07) is 8.77. The Morgan fingerprint density at radius 2 is 2.00 bits per heavy atom. The molecule has 1 aromatic carbocycles. The predicted molar refractivity (Wildman–Crippen MR) is 65.0 cm³/mol. The maximum Gasteiger partial charge on any atom is 0.274 e. The molecule has 0 saturated carbocycles. The number of nitrogens with zero attached hydrogens (tertiary/aromatic N) is 4. The van der Waals surface area contributed by atoms with Gasteiger partial charge in [-0.25, -0.2) is 4.39 Å². The van der Waals surface area contributed by atoms with Gasteiger partial charge >= 0.3 is 0 Å². The largest absolute Gasteiger partial charge is 0.282 e. The molecule has 6 nitrogen and oxygen atoms in total. The average molecular weight is 258 g/mol. The van der Waals surface area contributed by atoms with E-state index in [0.717, 1.165) is 0 Å². The van der Waals surface area contributed by atoms with Crippen molar-refractivity contribution in [1.82, 2.24) is 14.6 Å². The lowest BCUT2D eigenvalue weighted by Crippen LogP contribution is -1.94. The monoisotopic (exact) mass is 258 g/mol. The second kappa shape index (κ2) is 4.13. The van der Waals surface area contributed by atoms with Crippen LogP contribution in [0.1, 0.15) is 0 Å². The van der Waals surface area contributed by atoms with Gasteiger partial charge in [0.2, 0.25) is 0 Å². The van der Waals surface area contributed by atoms with Gasteiger partial charge in [-0.1, -0.05) is 12.1 Å². The molecule has 0 aliphatic carbocycles. The molecule has 3 aromatic rings. The molecule has 0 bridgehead atoms. The third kappa shape index (κ3) is 1.81. The molecule has 0 fully saturated rings. The molecule has 0 spiro atoms. The van der Waals surface area contributed by atoms with Crippen molar-refractivity contribution >= 4 is 11.3 Å². The van der Waals surface area contributed by atoms with Crippen molar-refractivity contribution in [2.24, 2.45) is 0 Å². The van der Waals surface area contributed by atoms with Crippen molar-refractivity contribution in [3.8, 4) is 11.4 Å². The van der Waals surface area contributed by atoms with Crippen LogP contribution < -0.4 is 0 Å². The Morgan fingerprint density at radius 3 is 2.74 bits per heavy atom. The molecule has 0 aliphatic rings. The minimum Gasteiger partial charge on any atom is -0.282 e. The number of aromatic nitrogens is 3. The van der Waals surface area contributed by atoms with Gasteiger partial charge in [-0.2, -0.15) is 0 Å². The van der Waals surface area contributed by atoms with Crippen LogP contribution in [0.15, 0.2) is 42.6 Å². The highest BCUT2D eigenvalue weighted by atomic mass is 19.1. The molecule has 7 heteroatoms.